The van der Waals surface area contributed by atoms with E-state index < -0.39 is 0 Å². The van der Waals surface area contributed by atoms with Gasteiger partial charge in [-0.3, -0.25) is 4.57 Å². The summed E-state index contributed by atoms with van der Waals surface area (Å²) in [4.78, 5) is 14.2. The fourth-order valence-corrected chi connectivity index (χ4v) is 3.29. The summed E-state index contributed by atoms with van der Waals surface area (Å²) in [6.45, 7) is 0. The van der Waals surface area contributed by atoms with Crippen LogP contribution in [0.3, 0.4) is 0 Å². The molecule has 5 rings (SSSR count). The molecular formula is C24H19N5O. The van der Waals surface area contributed by atoms with Crippen molar-refractivity contribution >= 4 is 22.7 Å². The number of ether oxygens (including phenoxy) is 1. The first-order chi connectivity index (χ1) is 14.8. The lowest BCUT2D eigenvalue weighted by Gasteiger charge is -2.10. The number of benzene rings is 3. The van der Waals surface area contributed by atoms with Gasteiger partial charge in [0.05, 0.1) is 7.11 Å². The highest BCUT2D eigenvalue weighted by molar-refractivity contribution is 5.88. The highest BCUT2D eigenvalue weighted by Gasteiger charge is 2.15. The summed E-state index contributed by atoms with van der Waals surface area (Å²) in [5.41, 5.74) is 4.27. The molecule has 0 fully saturated rings. The Bertz CT molecular complexity index is 1280. The van der Waals surface area contributed by atoms with Crippen molar-refractivity contribution in [2.24, 2.45) is 0 Å². The van der Waals surface area contributed by atoms with E-state index in [-0.39, 0.29) is 0 Å². The van der Waals surface area contributed by atoms with E-state index in [1.807, 2.05) is 89.5 Å². The van der Waals surface area contributed by atoms with Crippen molar-refractivity contribution in [2.45, 2.75) is 0 Å². The third kappa shape index (κ3) is 3.35. The zero-order valence-electron chi connectivity index (χ0n) is 16.4. The number of imidazole rings is 1. The lowest BCUT2D eigenvalue weighted by atomic mass is 10.2. The van der Waals surface area contributed by atoms with Gasteiger partial charge in [-0.2, -0.15) is 0 Å². The second-order valence-electron chi connectivity index (χ2n) is 6.74. The Hall–Kier alpha value is -4.19. The van der Waals surface area contributed by atoms with Gasteiger partial charge >= 0.3 is 0 Å². The Balaban J connectivity index is 1.69. The highest BCUT2D eigenvalue weighted by Crippen LogP contribution is 2.28. The summed E-state index contributed by atoms with van der Waals surface area (Å²) < 4.78 is 7.25. The molecule has 5 aromatic rings. The standard InChI is InChI=1S/C24H19N5O/c1-30-20-14-12-17(13-15-20)22-27-23(26-18-8-4-2-5-9-18)21-24(28-22)29(16-25-21)19-10-6-3-7-11-19/h2-16H,1H3,(H,26,27,28). The number of aromatic nitrogens is 4. The van der Waals surface area contributed by atoms with Gasteiger partial charge in [-0.1, -0.05) is 36.4 Å². The average Bonchev–Trinajstić information content (AvgIpc) is 3.25. The van der Waals surface area contributed by atoms with Crippen LogP contribution >= 0.6 is 0 Å². The minimum absolute atomic E-state index is 0.612. The van der Waals surface area contributed by atoms with Crippen molar-refractivity contribution in [2.75, 3.05) is 12.4 Å². The smallest absolute Gasteiger partial charge is 0.170 e. The number of hydrogen-bond donors (Lipinski definition) is 1. The van der Waals surface area contributed by atoms with Crippen molar-refractivity contribution in [1.29, 1.82) is 0 Å². The van der Waals surface area contributed by atoms with Crippen molar-refractivity contribution in [3.63, 3.8) is 0 Å². The van der Waals surface area contributed by atoms with Gasteiger partial charge in [0, 0.05) is 16.9 Å². The predicted octanol–water partition coefficient (Wildman–Crippen LogP) is 5.23. The maximum atomic E-state index is 5.28. The number of fused-ring (bicyclic) bond motifs is 1. The Morgan fingerprint density at radius 1 is 0.800 bits per heavy atom. The largest absolute Gasteiger partial charge is 0.497 e. The third-order valence-electron chi connectivity index (χ3n) is 4.82. The summed E-state index contributed by atoms with van der Waals surface area (Å²) in [5, 5.41) is 3.39. The molecule has 0 amide bonds. The number of rotatable bonds is 5. The van der Waals surface area contributed by atoms with E-state index in [1.165, 1.54) is 0 Å². The first-order valence-corrected chi connectivity index (χ1v) is 9.59. The van der Waals surface area contributed by atoms with Crippen LogP contribution in [0, 0.1) is 0 Å². The fraction of sp³-hybridized carbons (Fsp3) is 0.0417. The van der Waals surface area contributed by atoms with Crippen LogP contribution in [0.1, 0.15) is 0 Å². The topological polar surface area (TPSA) is 64.9 Å². The van der Waals surface area contributed by atoms with Gasteiger partial charge in [0.15, 0.2) is 22.8 Å². The number of nitrogens with zero attached hydrogens (tertiary/aromatic N) is 4. The Morgan fingerprint density at radius 3 is 2.20 bits per heavy atom. The molecule has 1 N–H and O–H groups in total. The molecular weight excluding hydrogens is 374 g/mol. The molecule has 0 bridgehead atoms. The molecule has 146 valence electrons. The van der Waals surface area contributed by atoms with Crippen LogP contribution in [0.4, 0.5) is 11.5 Å². The Labute approximate surface area is 173 Å². The zero-order valence-corrected chi connectivity index (χ0v) is 16.4. The van der Waals surface area contributed by atoms with Gasteiger partial charge in [-0.05, 0) is 48.5 Å². The van der Waals surface area contributed by atoms with Crippen LogP contribution in [0.2, 0.25) is 0 Å². The van der Waals surface area contributed by atoms with Crippen LogP contribution in [-0.4, -0.2) is 26.6 Å². The molecule has 2 heterocycles. The van der Waals surface area contributed by atoms with Crippen LogP contribution in [0.5, 0.6) is 5.75 Å². The van der Waals surface area contributed by atoms with Crippen molar-refractivity contribution in [3.8, 4) is 22.8 Å². The summed E-state index contributed by atoms with van der Waals surface area (Å²) >= 11 is 0. The van der Waals surface area contributed by atoms with Crippen LogP contribution in [-0.2, 0) is 0 Å². The van der Waals surface area contributed by atoms with Gasteiger partial charge in [0.2, 0.25) is 0 Å². The molecule has 0 saturated carbocycles. The zero-order chi connectivity index (χ0) is 20.3. The first kappa shape index (κ1) is 17.9. The molecule has 6 nitrogen and oxygen atoms in total. The van der Waals surface area contributed by atoms with E-state index in [0.29, 0.717) is 17.2 Å². The Morgan fingerprint density at radius 2 is 1.50 bits per heavy atom. The summed E-state index contributed by atoms with van der Waals surface area (Å²) in [6, 6.07) is 27.7. The molecule has 0 aliphatic heterocycles. The van der Waals surface area contributed by atoms with Gasteiger partial charge < -0.3 is 10.1 Å². The van der Waals surface area contributed by atoms with Crippen molar-refractivity contribution in [3.05, 3.63) is 91.3 Å². The van der Waals surface area contributed by atoms with Crippen molar-refractivity contribution in [1.82, 2.24) is 19.5 Å². The molecule has 0 saturated heterocycles. The number of methoxy groups -OCH3 is 1. The molecule has 2 aromatic heterocycles. The number of hydrogen-bond acceptors (Lipinski definition) is 5. The molecule has 30 heavy (non-hydrogen) atoms. The lowest BCUT2D eigenvalue weighted by molar-refractivity contribution is 0.415. The van der Waals surface area contributed by atoms with Crippen molar-refractivity contribution < 1.29 is 4.74 Å². The SMILES string of the molecule is COc1ccc(-c2nc(Nc3ccccc3)c3ncn(-c4ccccc4)c3n2)cc1. The highest BCUT2D eigenvalue weighted by atomic mass is 16.5. The average molecular weight is 393 g/mol. The lowest BCUT2D eigenvalue weighted by Crippen LogP contribution is -2.01. The van der Waals surface area contributed by atoms with E-state index in [4.69, 9.17) is 14.7 Å². The monoisotopic (exact) mass is 393 g/mol. The minimum Gasteiger partial charge on any atom is -0.497 e. The van der Waals surface area contributed by atoms with Crippen LogP contribution < -0.4 is 10.1 Å². The fourth-order valence-electron chi connectivity index (χ4n) is 3.29. The summed E-state index contributed by atoms with van der Waals surface area (Å²) in [5.74, 6) is 2.06. The molecule has 0 atom stereocenters. The minimum atomic E-state index is 0.612. The number of nitrogens with one attached hydrogen (secondary N) is 1. The van der Waals surface area contributed by atoms with Gasteiger partial charge in [0.25, 0.3) is 0 Å². The van der Waals surface area contributed by atoms with E-state index >= 15 is 0 Å². The second kappa shape index (κ2) is 7.67. The van der Waals surface area contributed by atoms with Crippen LogP contribution in [0.15, 0.2) is 91.3 Å². The van der Waals surface area contributed by atoms with E-state index in [1.54, 1.807) is 13.4 Å². The van der Waals surface area contributed by atoms with Crippen LogP contribution in [0.25, 0.3) is 28.2 Å². The molecule has 0 spiro atoms. The summed E-state index contributed by atoms with van der Waals surface area (Å²) in [7, 11) is 1.65. The van der Waals surface area contributed by atoms with E-state index in [9.17, 15) is 0 Å². The molecule has 6 heteroatoms. The molecule has 3 aromatic carbocycles. The molecule has 0 unspecified atom stereocenters. The number of para-hydroxylation sites is 2. The van der Waals surface area contributed by atoms with Gasteiger partial charge in [0.1, 0.15) is 12.1 Å². The summed E-state index contributed by atoms with van der Waals surface area (Å²) in [6.07, 6.45) is 1.78. The Kier molecular flexibility index (Phi) is 4.57. The normalized spacial score (nSPS) is 10.8. The maximum Gasteiger partial charge on any atom is 0.170 e. The molecule has 0 aliphatic rings. The van der Waals surface area contributed by atoms with E-state index in [2.05, 4.69) is 10.3 Å². The maximum absolute atomic E-state index is 5.28. The third-order valence-corrected chi connectivity index (χ3v) is 4.82. The van der Waals surface area contributed by atoms with Gasteiger partial charge in [-0.15, -0.1) is 0 Å². The second-order valence-corrected chi connectivity index (χ2v) is 6.74. The van der Waals surface area contributed by atoms with E-state index in [0.717, 1.165) is 28.3 Å². The van der Waals surface area contributed by atoms with Gasteiger partial charge in [-0.25, -0.2) is 15.0 Å². The quantitative estimate of drug-likeness (QED) is 0.443. The first-order valence-electron chi connectivity index (χ1n) is 9.59. The molecule has 0 radical (unpaired) electrons. The predicted molar refractivity (Wildman–Crippen MR) is 118 cm³/mol. The number of anilines is 2. The molecule has 0 aliphatic carbocycles.